The first kappa shape index (κ1) is 15.8. The normalized spacial score (nSPS) is 11.6. The Hall–Kier alpha value is -2.24. The Morgan fingerprint density at radius 1 is 1.35 bits per heavy atom. The van der Waals surface area contributed by atoms with Crippen molar-refractivity contribution >= 4 is 11.9 Å². The van der Waals surface area contributed by atoms with Gasteiger partial charge < -0.3 is 10.1 Å². The quantitative estimate of drug-likeness (QED) is 0.666. The predicted octanol–water partition coefficient (Wildman–Crippen LogP) is 2.20. The number of hydrogen-bond acceptors (Lipinski definition) is 3. The van der Waals surface area contributed by atoms with Crippen molar-refractivity contribution in [3.63, 3.8) is 0 Å². The molecule has 0 aliphatic rings. The summed E-state index contributed by atoms with van der Waals surface area (Å²) in [5, 5.41) is 2.40. The molecule has 1 aromatic rings. The maximum absolute atomic E-state index is 13.1. The number of carbonyl (C=O) groups excluding carboxylic acids is 2. The van der Waals surface area contributed by atoms with Crippen LogP contribution in [-0.4, -0.2) is 25.0 Å². The topological polar surface area (TPSA) is 55.4 Å². The molecule has 0 radical (unpaired) electrons. The molecule has 20 heavy (non-hydrogen) atoms. The number of esters is 1. The molecule has 0 aromatic heterocycles. The molecule has 108 valence electrons. The van der Waals surface area contributed by atoms with E-state index in [0.717, 1.165) is 18.2 Å². The fourth-order valence-electron chi connectivity index (χ4n) is 1.56. The number of nitrogens with one attached hydrogen (secondary N) is 1. The monoisotopic (exact) mass is 283 g/mol. The molecule has 1 aromatic carbocycles. The predicted molar refractivity (Wildman–Crippen MR) is 69.1 cm³/mol. The molecule has 0 fully saturated rings. The Kier molecular flexibility index (Phi) is 5.37. The van der Waals surface area contributed by atoms with Gasteiger partial charge in [0.15, 0.2) is 11.6 Å². The number of hydrogen-bond donors (Lipinski definition) is 1. The van der Waals surface area contributed by atoms with E-state index in [9.17, 15) is 18.4 Å². The van der Waals surface area contributed by atoms with Crippen LogP contribution in [0.4, 0.5) is 8.78 Å². The lowest BCUT2D eigenvalue weighted by Gasteiger charge is -2.16. The molecule has 4 nitrogen and oxygen atoms in total. The lowest BCUT2D eigenvalue weighted by molar-refractivity contribution is -0.142. The minimum Gasteiger partial charge on any atom is -0.467 e. The minimum absolute atomic E-state index is 0.0838. The van der Waals surface area contributed by atoms with Crippen LogP contribution in [0.5, 0.6) is 0 Å². The van der Waals surface area contributed by atoms with Gasteiger partial charge >= 0.3 is 5.97 Å². The third-order valence-corrected chi connectivity index (χ3v) is 2.53. The van der Waals surface area contributed by atoms with Gasteiger partial charge in [0.1, 0.15) is 6.04 Å². The first-order chi connectivity index (χ1) is 9.35. The molecule has 0 aliphatic carbocycles. The summed E-state index contributed by atoms with van der Waals surface area (Å²) in [4.78, 5) is 23.4. The first-order valence-corrected chi connectivity index (χ1v) is 5.83. The van der Waals surface area contributed by atoms with Crippen molar-refractivity contribution in [3.8, 4) is 0 Å². The summed E-state index contributed by atoms with van der Waals surface area (Å²) in [6.07, 6.45) is 0.197. The molecule has 1 N–H and O–H groups in total. The second-order valence-corrected chi connectivity index (χ2v) is 4.34. The van der Waals surface area contributed by atoms with Gasteiger partial charge in [-0.2, -0.15) is 0 Å². The first-order valence-electron chi connectivity index (χ1n) is 5.83. The molecule has 0 heterocycles. The molecular weight excluding hydrogens is 268 g/mol. The molecule has 6 heteroatoms. The third-order valence-electron chi connectivity index (χ3n) is 2.53. The highest BCUT2D eigenvalue weighted by atomic mass is 19.2. The molecule has 0 unspecified atom stereocenters. The van der Waals surface area contributed by atoms with E-state index in [0.29, 0.717) is 5.57 Å². The highest BCUT2D eigenvalue weighted by Crippen LogP contribution is 2.10. The van der Waals surface area contributed by atoms with Crippen molar-refractivity contribution in [2.45, 2.75) is 19.4 Å². The molecule has 0 aliphatic heterocycles. The number of rotatable bonds is 5. The van der Waals surface area contributed by atoms with E-state index >= 15 is 0 Å². The molecular formula is C14H15F2NO3. The van der Waals surface area contributed by atoms with E-state index < -0.39 is 29.6 Å². The molecule has 1 rings (SSSR count). The van der Waals surface area contributed by atoms with Gasteiger partial charge in [-0.05, 0) is 31.5 Å². The second kappa shape index (κ2) is 6.79. The maximum Gasteiger partial charge on any atom is 0.328 e. The maximum atomic E-state index is 13.1. The average molecular weight is 283 g/mol. The number of benzene rings is 1. The molecule has 0 bridgehead atoms. The van der Waals surface area contributed by atoms with Gasteiger partial charge in [0.05, 0.1) is 7.11 Å². The van der Waals surface area contributed by atoms with Crippen LogP contribution in [0.15, 0.2) is 30.4 Å². The molecule has 1 atom stereocenters. The van der Waals surface area contributed by atoms with Crippen LogP contribution in [0.3, 0.4) is 0 Å². The SMILES string of the molecule is C=C(C)C[C@H](NC(=O)c1ccc(F)c(F)c1)C(=O)OC. The summed E-state index contributed by atoms with van der Waals surface area (Å²) < 4.78 is 30.4. The summed E-state index contributed by atoms with van der Waals surface area (Å²) >= 11 is 0. The molecule has 0 saturated carbocycles. The lowest BCUT2D eigenvalue weighted by atomic mass is 10.1. The van der Waals surface area contributed by atoms with E-state index in [1.165, 1.54) is 7.11 Å². The third kappa shape index (κ3) is 4.15. The van der Waals surface area contributed by atoms with Crippen molar-refractivity contribution in [3.05, 3.63) is 47.5 Å². The number of carbonyl (C=O) groups is 2. The summed E-state index contributed by atoms with van der Waals surface area (Å²) in [5.74, 6) is -3.51. The Morgan fingerprint density at radius 2 is 2.00 bits per heavy atom. The smallest absolute Gasteiger partial charge is 0.328 e. The van der Waals surface area contributed by atoms with Crippen LogP contribution < -0.4 is 5.32 Å². The fourth-order valence-corrected chi connectivity index (χ4v) is 1.56. The molecule has 0 spiro atoms. The Morgan fingerprint density at radius 3 is 2.50 bits per heavy atom. The lowest BCUT2D eigenvalue weighted by Crippen LogP contribution is -2.41. The second-order valence-electron chi connectivity index (χ2n) is 4.34. The van der Waals surface area contributed by atoms with Crippen LogP contribution in [0.1, 0.15) is 23.7 Å². The Balaban J connectivity index is 2.86. The van der Waals surface area contributed by atoms with Crippen LogP contribution >= 0.6 is 0 Å². The van der Waals surface area contributed by atoms with E-state index in [1.807, 2.05) is 0 Å². The number of amides is 1. The van der Waals surface area contributed by atoms with Gasteiger partial charge in [-0.25, -0.2) is 13.6 Å². The van der Waals surface area contributed by atoms with Crippen molar-refractivity contribution in [1.82, 2.24) is 5.32 Å². The zero-order valence-electron chi connectivity index (χ0n) is 11.2. The fraction of sp³-hybridized carbons (Fsp3) is 0.286. The van der Waals surface area contributed by atoms with Gasteiger partial charge in [-0.15, -0.1) is 6.58 Å². The van der Waals surface area contributed by atoms with Crippen molar-refractivity contribution < 1.29 is 23.1 Å². The highest BCUT2D eigenvalue weighted by molar-refractivity contribution is 5.96. The van der Waals surface area contributed by atoms with E-state index in [-0.39, 0.29) is 12.0 Å². The van der Waals surface area contributed by atoms with Crippen molar-refractivity contribution in [1.29, 1.82) is 0 Å². The van der Waals surface area contributed by atoms with Crippen molar-refractivity contribution in [2.24, 2.45) is 0 Å². The van der Waals surface area contributed by atoms with Crippen LogP contribution in [0.2, 0.25) is 0 Å². The van der Waals surface area contributed by atoms with Crippen molar-refractivity contribution in [2.75, 3.05) is 7.11 Å². The summed E-state index contributed by atoms with van der Waals surface area (Å²) in [7, 11) is 1.19. The van der Waals surface area contributed by atoms with E-state index in [2.05, 4.69) is 16.6 Å². The van der Waals surface area contributed by atoms with Crippen LogP contribution in [0.25, 0.3) is 0 Å². The number of ether oxygens (including phenoxy) is 1. The van der Waals surface area contributed by atoms with E-state index in [4.69, 9.17) is 0 Å². The van der Waals surface area contributed by atoms with E-state index in [1.54, 1.807) is 6.92 Å². The summed E-state index contributed by atoms with van der Waals surface area (Å²) in [6.45, 7) is 5.34. The summed E-state index contributed by atoms with van der Waals surface area (Å²) in [5.41, 5.74) is 0.588. The van der Waals surface area contributed by atoms with Crippen LogP contribution in [0, 0.1) is 11.6 Å². The zero-order valence-corrected chi connectivity index (χ0v) is 11.2. The molecule has 1 amide bonds. The minimum atomic E-state index is -1.13. The zero-order chi connectivity index (χ0) is 15.3. The number of methoxy groups -OCH3 is 1. The Bertz CT molecular complexity index is 543. The van der Waals surface area contributed by atoms with Gasteiger partial charge in [0.2, 0.25) is 0 Å². The summed E-state index contributed by atoms with van der Waals surface area (Å²) in [6, 6.07) is 1.82. The number of halogens is 2. The van der Waals surface area contributed by atoms with Gasteiger partial charge in [-0.1, -0.05) is 5.57 Å². The van der Waals surface area contributed by atoms with Crippen LogP contribution in [-0.2, 0) is 9.53 Å². The van der Waals surface area contributed by atoms with Gasteiger partial charge in [-0.3, -0.25) is 4.79 Å². The molecule has 0 saturated heterocycles. The largest absolute Gasteiger partial charge is 0.467 e. The standard InChI is InChI=1S/C14H15F2NO3/c1-8(2)6-12(14(19)20-3)17-13(18)9-4-5-10(15)11(16)7-9/h4-5,7,12H,1,6H2,2-3H3,(H,17,18)/t12-/m0/s1. The van der Waals surface area contributed by atoms with Gasteiger partial charge in [0.25, 0.3) is 5.91 Å². The highest BCUT2D eigenvalue weighted by Gasteiger charge is 2.22. The van der Waals surface area contributed by atoms with Gasteiger partial charge in [0, 0.05) is 5.56 Å². The Labute approximate surface area is 115 Å². The average Bonchev–Trinajstić information content (AvgIpc) is 2.39.